The summed E-state index contributed by atoms with van der Waals surface area (Å²) < 4.78 is 53.2. The molecule has 25 heavy (non-hydrogen) atoms. The van der Waals surface area contributed by atoms with E-state index < -0.39 is 27.4 Å². The van der Waals surface area contributed by atoms with Crippen LogP contribution < -0.4 is 4.72 Å². The van der Waals surface area contributed by atoms with E-state index in [4.69, 9.17) is 0 Å². The highest BCUT2D eigenvalue weighted by Crippen LogP contribution is 2.31. The second kappa shape index (κ2) is 7.74. The van der Waals surface area contributed by atoms with E-state index in [1.165, 1.54) is 4.88 Å². The van der Waals surface area contributed by atoms with Gasteiger partial charge in [0, 0.05) is 26.7 Å². The Kier molecular flexibility index (Phi) is 5.63. The fourth-order valence-corrected chi connectivity index (χ4v) is 5.29. The first kappa shape index (κ1) is 18.2. The van der Waals surface area contributed by atoms with Crippen molar-refractivity contribution >= 4 is 32.7 Å². The fraction of sp³-hybridized carbons (Fsp3) is 0.176. The number of halogens is 2. The molecule has 132 valence electrons. The smallest absolute Gasteiger partial charge is 0.215 e. The maximum absolute atomic E-state index is 13.6. The van der Waals surface area contributed by atoms with Gasteiger partial charge in [-0.3, -0.25) is 0 Å². The molecule has 3 aromatic rings. The van der Waals surface area contributed by atoms with E-state index in [0.717, 1.165) is 28.0 Å². The van der Waals surface area contributed by atoms with E-state index in [0.29, 0.717) is 6.42 Å². The van der Waals surface area contributed by atoms with Crippen LogP contribution in [-0.2, 0) is 22.2 Å². The average molecular weight is 400 g/mol. The molecule has 0 aliphatic heterocycles. The summed E-state index contributed by atoms with van der Waals surface area (Å²) in [7, 11) is -3.73. The monoisotopic (exact) mass is 399 g/mol. The molecule has 8 heteroatoms. The Labute approximate surface area is 153 Å². The summed E-state index contributed by atoms with van der Waals surface area (Å²) in [6.07, 6.45) is 0.543. The molecule has 0 unspecified atom stereocenters. The highest BCUT2D eigenvalue weighted by Gasteiger charge is 2.15. The topological polar surface area (TPSA) is 46.2 Å². The molecular weight excluding hydrogens is 384 g/mol. The second-order valence-corrected chi connectivity index (χ2v) is 9.31. The Morgan fingerprint density at radius 2 is 1.88 bits per heavy atom. The number of benzene rings is 1. The molecule has 2 aromatic heterocycles. The lowest BCUT2D eigenvalue weighted by Crippen LogP contribution is -2.27. The van der Waals surface area contributed by atoms with E-state index in [1.807, 2.05) is 29.6 Å². The van der Waals surface area contributed by atoms with Crippen LogP contribution in [-0.4, -0.2) is 15.0 Å². The van der Waals surface area contributed by atoms with Gasteiger partial charge in [-0.2, -0.15) is 0 Å². The summed E-state index contributed by atoms with van der Waals surface area (Å²) >= 11 is 3.27. The number of hydrogen-bond donors (Lipinski definition) is 1. The van der Waals surface area contributed by atoms with Gasteiger partial charge in [-0.25, -0.2) is 21.9 Å². The molecule has 0 radical (unpaired) electrons. The zero-order chi connectivity index (χ0) is 17.9. The van der Waals surface area contributed by atoms with Crippen molar-refractivity contribution in [2.24, 2.45) is 0 Å². The lowest BCUT2D eigenvalue weighted by atomic mass is 10.2. The van der Waals surface area contributed by atoms with Gasteiger partial charge in [0.2, 0.25) is 10.0 Å². The first-order valence-corrected chi connectivity index (χ1v) is 10.8. The molecule has 0 aliphatic rings. The summed E-state index contributed by atoms with van der Waals surface area (Å²) in [5, 5.41) is 2.01. The Balaban J connectivity index is 1.57. The highest BCUT2D eigenvalue weighted by atomic mass is 32.2. The Hall–Kier alpha value is -1.61. The Morgan fingerprint density at radius 1 is 1.04 bits per heavy atom. The summed E-state index contributed by atoms with van der Waals surface area (Å²) in [5.41, 5.74) is -0.177. The molecule has 0 atom stereocenters. The van der Waals surface area contributed by atoms with Crippen molar-refractivity contribution in [1.29, 1.82) is 0 Å². The summed E-state index contributed by atoms with van der Waals surface area (Å²) in [6.45, 7) is 0.212. The molecule has 0 spiro atoms. The van der Waals surface area contributed by atoms with Crippen LogP contribution in [0, 0.1) is 11.6 Å². The van der Waals surface area contributed by atoms with Gasteiger partial charge in [0.25, 0.3) is 0 Å². The zero-order valence-electron chi connectivity index (χ0n) is 13.0. The third kappa shape index (κ3) is 4.94. The van der Waals surface area contributed by atoms with Crippen LogP contribution in [0.2, 0.25) is 0 Å². The van der Waals surface area contributed by atoms with Gasteiger partial charge in [-0.15, -0.1) is 22.7 Å². The minimum absolute atomic E-state index is 0.177. The van der Waals surface area contributed by atoms with Crippen LogP contribution >= 0.6 is 22.7 Å². The third-order valence-electron chi connectivity index (χ3n) is 3.47. The summed E-state index contributed by atoms with van der Waals surface area (Å²) in [6, 6.07) is 10.8. The van der Waals surface area contributed by atoms with E-state index >= 15 is 0 Å². The summed E-state index contributed by atoms with van der Waals surface area (Å²) in [5.74, 6) is -1.97. The number of rotatable bonds is 7. The minimum Gasteiger partial charge on any atom is -0.215 e. The average Bonchev–Trinajstić information content (AvgIpc) is 3.21. The van der Waals surface area contributed by atoms with Gasteiger partial charge >= 0.3 is 0 Å². The van der Waals surface area contributed by atoms with Crippen molar-refractivity contribution in [2.75, 3.05) is 6.54 Å². The Morgan fingerprint density at radius 3 is 2.64 bits per heavy atom. The SMILES string of the molecule is O=S(=O)(Cc1cc(F)ccc1F)NCCc1ccc(-c2cccs2)s1. The van der Waals surface area contributed by atoms with E-state index in [1.54, 1.807) is 22.7 Å². The van der Waals surface area contributed by atoms with Crippen LogP contribution in [0.5, 0.6) is 0 Å². The molecule has 0 aliphatic carbocycles. The van der Waals surface area contributed by atoms with E-state index in [2.05, 4.69) is 4.72 Å². The van der Waals surface area contributed by atoms with Crippen LogP contribution in [0.15, 0.2) is 47.8 Å². The maximum atomic E-state index is 13.6. The van der Waals surface area contributed by atoms with Gasteiger partial charge in [0.05, 0.1) is 5.75 Å². The van der Waals surface area contributed by atoms with Crippen LogP contribution in [0.4, 0.5) is 8.78 Å². The standard InChI is InChI=1S/C17H15F2NO2S3/c18-13-3-5-15(19)12(10-13)11-25(21,22)20-8-7-14-4-6-17(24-14)16-2-1-9-23-16/h1-6,9-10,20H,7-8,11H2. The van der Waals surface area contributed by atoms with Crippen molar-refractivity contribution in [1.82, 2.24) is 4.72 Å². The van der Waals surface area contributed by atoms with Gasteiger partial charge in [-0.1, -0.05) is 6.07 Å². The summed E-state index contributed by atoms with van der Waals surface area (Å²) in [4.78, 5) is 3.39. The maximum Gasteiger partial charge on any atom is 0.215 e. The number of nitrogens with one attached hydrogen (secondary N) is 1. The normalized spacial score (nSPS) is 11.8. The molecule has 0 saturated heterocycles. The molecular formula is C17H15F2NO2S3. The van der Waals surface area contributed by atoms with Gasteiger partial charge < -0.3 is 0 Å². The first-order valence-electron chi connectivity index (χ1n) is 7.47. The number of thiophene rings is 2. The van der Waals surface area contributed by atoms with Gasteiger partial charge in [0.15, 0.2) is 0 Å². The largest absolute Gasteiger partial charge is 0.215 e. The Bertz CT molecular complexity index is 950. The van der Waals surface area contributed by atoms with Crippen molar-refractivity contribution in [2.45, 2.75) is 12.2 Å². The molecule has 3 nitrogen and oxygen atoms in total. The van der Waals surface area contributed by atoms with Crippen LogP contribution in [0.25, 0.3) is 9.75 Å². The number of hydrogen-bond acceptors (Lipinski definition) is 4. The lowest BCUT2D eigenvalue weighted by molar-refractivity contribution is 0.570. The molecule has 0 amide bonds. The van der Waals surface area contributed by atoms with Crippen LogP contribution in [0.3, 0.4) is 0 Å². The van der Waals surface area contributed by atoms with Crippen molar-refractivity contribution in [3.05, 3.63) is 69.9 Å². The first-order chi connectivity index (χ1) is 11.9. The van der Waals surface area contributed by atoms with Crippen molar-refractivity contribution in [3.8, 4) is 9.75 Å². The molecule has 0 fully saturated rings. The van der Waals surface area contributed by atoms with Crippen molar-refractivity contribution in [3.63, 3.8) is 0 Å². The minimum atomic E-state index is -3.73. The molecule has 1 N–H and O–H groups in total. The third-order valence-corrected chi connectivity index (χ3v) is 7.02. The lowest BCUT2D eigenvalue weighted by Gasteiger charge is -2.07. The molecule has 3 rings (SSSR count). The highest BCUT2D eigenvalue weighted by molar-refractivity contribution is 7.88. The van der Waals surface area contributed by atoms with E-state index in [-0.39, 0.29) is 12.1 Å². The second-order valence-electron chi connectivity index (χ2n) is 5.38. The quantitative estimate of drug-likeness (QED) is 0.639. The van der Waals surface area contributed by atoms with Gasteiger partial charge in [-0.05, 0) is 48.2 Å². The zero-order valence-corrected chi connectivity index (χ0v) is 15.5. The number of sulfonamides is 1. The van der Waals surface area contributed by atoms with Crippen LogP contribution in [0.1, 0.15) is 10.4 Å². The molecule has 2 heterocycles. The predicted molar refractivity (Wildman–Crippen MR) is 98.3 cm³/mol. The molecule has 1 aromatic carbocycles. The van der Waals surface area contributed by atoms with E-state index in [9.17, 15) is 17.2 Å². The molecule has 0 bridgehead atoms. The molecule has 0 saturated carbocycles. The van der Waals surface area contributed by atoms with Gasteiger partial charge in [0.1, 0.15) is 11.6 Å². The fourth-order valence-electron chi connectivity index (χ4n) is 2.30. The van der Waals surface area contributed by atoms with Crippen molar-refractivity contribution < 1.29 is 17.2 Å². The predicted octanol–water partition coefficient (Wildman–Crippen LogP) is 4.42.